The first kappa shape index (κ1) is 23.8. The Balaban J connectivity index is 1.17. The Bertz CT molecular complexity index is 865. The monoisotopic (exact) mass is 449 g/mol. The number of nitrogens with zero attached hydrogens (tertiary/aromatic N) is 3. The predicted molar refractivity (Wildman–Crippen MR) is 134 cm³/mol. The van der Waals surface area contributed by atoms with Crippen LogP contribution in [0.25, 0.3) is 0 Å². The van der Waals surface area contributed by atoms with E-state index in [-0.39, 0.29) is 5.91 Å². The van der Waals surface area contributed by atoms with Crippen LogP contribution in [0.3, 0.4) is 0 Å². The zero-order valence-electron chi connectivity index (χ0n) is 20.3. The number of piperidine rings is 1. The van der Waals surface area contributed by atoms with E-state index < -0.39 is 0 Å². The fourth-order valence-corrected chi connectivity index (χ4v) is 4.97. The second kappa shape index (κ2) is 11.7. The summed E-state index contributed by atoms with van der Waals surface area (Å²) in [6, 6.07) is 17.3. The highest BCUT2D eigenvalue weighted by Gasteiger charge is 2.23. The van der Waals surface area contributed by atoms with E-state index in [1.165, 1.54) is 29.8 Å². The summed E-state index contributed by atoms with van der Waals surface area (Å²) >= 11 is 0. The molecule has 0 radical (unpaired) electrons. The van der Waals surface area contributed by atoms with E-state index in [0.717, 1.165) is 64.2 Å². The van der Waals surface area contributed by atoms with Crippen LogP contribution in [-0.4, -0.2) is 74.0 Å². The van der Waals surface area contributed by atoms with Crippen LogP contribution in [-0.2, 0) is 24.2 Å². The van der Waals surface area contributed by atoms with Crippen LogP contribution in [0, 0.1) is 5.92 Å². The third-order valence-electron chi connectivity index (χ3n) is 7.30. The molecule has 2 aromatic carbocycles. The van der Waals surface area contributed by atoms with E-state index in [4.69, 9.17) is 4.74 Å². The number of rotatable bonds is 8. The SMILES string of the molecule is COc1ccc(CCC(=O)N2CCC(Cc3ccc(CN4CCN(C)CC4)cc3)CC2)cc1. The number of likely N-dealkylation sites (tertiary alicyclic amines) is 1. The molecular formula is C28H39N3O2. The lowest BCUT2D eigenvalue weighted by Crippen LogP contribution is -2.43. The molecule has 5 heteroatoms. The Morgan fingerprint density at radius 2 is 1.45 bits per heavy atom. The Morgan fingerprint density at radius 1 is 0.848 bits per heavy atom. The largest absolute Gasteiger partial charge is 0.497 e. The highest BCUT2D eigenvalue weighted by molar-refractivity contribution is 5.76. The Labute approximate surface area is 199 Å². The number of piperazine rings is 1. The van der Waals surface area contributed by atoms with Gasteiger partial charge in [-0.3, -0.25) is 9.69 Å². The molecule has 0 bridgehead atoms. The lowest BCUT2D eigenvalue weighted by atomic mass is 9.89. The van der Waals surface area contributed by atoms with Gasteiger partial charge < -0.3 is 14.5 Å². The molecule has 2 fully saturated rings. The Hall–Kier alpha value is -2.37. The topological polar surface area (TPSA) is 36.0 Å². The van der Waals surface area contributed by atoms with Gasteiger partial charge in [0, 0.05) is 52.2 Å². The molecule has 2 aliphatic rings. The summed E-state index contributed by atoms with van der Waals surface area (Å²) in [5.74, 6) is 1.83. The Kier molecular flexibility index (Phi) is 8.40. The average molecular weight is 450 g/mol. The van der Waals surface area contributed by atoms with Crippen molar-refractivity contribution in [1.82, 2.24) is 14.7 Å². The van der Waals surface area contributed by atoms with Gasteiger partial charge in [0.15, 0.2) is 0 Å². The van der Waals surface area contributed by atoms with Crippen molar-refractivity contribution in [3.63, 3.8) is 0 Å². The molecule has 2 heterocycles. The molecule has 5 nitrogen and oxygen atoms in total. The number of hydrogen-bond donors (Lipinski definition) is 0. The summed E-state index contributed by atoms with van der Waals surface area (Å²) in [5, 5.41) is 0. The molecule has 178 valence electrons. The average Bonchev–Trinajstić information content (AvgIpc) is 2.86. The van der Waals surface area contributed by atoms with Gasteiger partial charge in [0.05, 0.1) is 7.11 Å². The van der Waals surface area contributed by atoms with Crippen LogP contribution in [0.4, 0.5) is 0 Å². The number of methoxy groups -OCH3 is 1. The summed E-state index contributed by atoms with van der Waals surface area (Å²) in [4.78, 5) is 19.7. The van der Waals surface area contributed by atoms with Gasteiger partial charge in [0.25, 0.3) is 0 Å². The van der Waals surface area contributed by atoms with Crippen LogP contribution in [0.15, 0.2) is 48.5 Å². The maximum absolute atomic E-state index is 12.7. The number of amides is 1. The number of hydrogen-bond acceptors (Lipinski definition) is 4. The molecule has 0 atom stereocenters. The number of ether oxygens (including phenoxy) is 1. The molecule has 0 aromatic heterocycles. The van der Waals surface area contributed by atoms with Crippen LogP contribution in [0.5, 0.6) is 5.75 Å². The molecular weight excluding hydrogens is 410 g/mol. The summed E-state index contributed by atoms with van der Waals surface area (Å²) in [5.41, 5.74) is 4.04. The summed E-state index contributed by atoms with van der Waals surface area (Å²) in [7, 11) is 3.88. The number of carbonyl (C=O) groups excluding carboxylic acids is 1. The van der Waals surface area contributed by atoms with Gasteiger partial charge in [-0.2, -0.15) is 0 Å². The highest BCUT2D eigenvalue weighted by Crippen LogP contribution is 2.23. The summed E-state index contributed by atoms with van der Waals surface area (Å²) in [6.45, 7) is 7.51. The molecule has 4 rings (SSSR count). The smallest absolute Gasteiger partial charge is 0.222 e. The van der Waals surface area contributed by atoms with Gasteiger partial charge in [0.2, 0.25) is 5.91 Å². The quantitative estimate of drug-likeness (QED) is 0.613. The van der Waals surface area contributed by atoms with Gasteiger partial charge in [-0.15, -0.1) is 0 Å². The van der Waals surface area contributed by atoms with Crippen LogP contribution >= 0.6 is 0 Å². The molecule has 0 aliphatic carbocycles. The third-order valence-corrected chi connectivity index (χ3v) is 7.30. The predicted octanol–water partition coefficient (Wildman–Crippen LogP) is 3.86. The maximum Gasteiger partial charge on any atom is 0.222 e. The first-order chi connectivity index (χ1) is 16.1. The molecule has 0 spiro atoms. The molecule has 1 amide bonds. The van der Waals surface area contributed by atoms with Crippen molar-refractivity contribution < 1.29 is 9.53 Å². The first-order valence-electron chi connectivity index (χ1n) is 12.5. The van der Waals surface area contributed by atoms with Gasteiger partial charge in [-0.05, 0) is 67.5 Å². The zero-order chi connectivity index (χ0) is 23.0. The number of benzene rings is 2. The van der Waals surface area contributed by atoms with Crippen LogP contribution in [0.2, 0.25) is 0 Å². The standard InChI is InChI=1S/C28H39N3O2/c1-29-17-19-30(20-18-29)22-26-5-3-24(4-6-26)21-25-13-15-31(16-14-25)28(32)12-9-23-7-10-27(33-2)11-8-23/h3-8,10-11,25H,9,12-22H2,1-2H3. The lowest BCUT2D eigenvalue weighted by Gasteiger charge is -2.32. The van der Waals surface area contributed by atoms with Crippen molar-refractivity contribution in [3.8, 4) is 5.75 Å². The minimum absolute atomic E-state index is 0.289. The van der Waals surface area contributed by atoms with Gasteiger partial charge >= 0.3 is 0 Å². The molecule has 0 saturated carbocycles. The fraction of sp³-hybridized carbons (Fsp3) is 0.536. The zero-order valence-corrected chi connectivity index (χ0v) is 20.3. The normalized spacial score (nSPS) is 18.4. The summed E-state index contributed by atoms with van der Waals surface area (Å²) < 4.78 is 5.20. The van der Waals surface area contributed by atoms with Gasteiger partial charge in [-0.25, -0.2) is 0 Å². The number of carbonyl (C=O) groups is 1. The van der Waals surface area contributed by atoms with E-state index >= 15 is 0 Å². The molecule has 0 N–H and O–H groups in total. The van der Waals surface area contributed by atoms with E-state index in [1.807, 2.05) is 12.1 Å². The van der Waals surface area contributed by atoms with Crippen molar-refractivity contribution >= 4 is 5.91 Å². The summed E-state index contributed by atoms with van der Waals surface area (Å²) in [6.07, 6.45) is 4.73. The van der Waals surface area contributed by atoms with Crippen molar-refractivity contribution in [3.05, 3.63) is 65.2 Å². The minimum Gasteiger partial charge on any atom is -0.497 e. The number of aryl methyl sites for hydroxylation is 1. The van der Waals surface area contributed by atoms with E-state index in [9.17, 15) is 4.79 Å². The van der Waals surface area contributed by atoms with Crippen molar-refractivity contribution in [1.29, 1.82) is 0 Å². The second-order valence-electron chi connectivity index (χ2n) is 9.77. The first-order valence-corrected chi connectivity index (χ1v) is 12.5. The van der Waals surface area contributed by atoms with E-state index in [2.05, 4.69) is 58.1 Å². The minimum atomic E-state index is 0.289. The van der Waals surface area contributed by atoms with Crippen molar-refractivity contribution in [2.75, 3.05) is 53.4 Å². The third kappa shape index (κ3) is 7.05. The van der Waals surface area contributed by atoms with Gasteiger partial charge in [-0.1, -0.05) is 36.4 Å². The Morgan fingerprint density at radius 3 is 2.09 bits per heavy atom. The number of likely N-dealkylation sites (N-methyl/N-ethyl adjacent to an activating group) is 1. The molecule has 2 aliphatic heterocycles. The van der Waals surface area contributed by atoms with Gasteiger partial charge in [0.1, 0.15) is 5.75 Å². The molecule has 0 unspecified atom stereocenters. The van der Waals surface area contributed by atoms with Crippen molar-refractivity contribution in [2.45, 2.75) is 38.6 Å². The maximum atomic E-state index is 12.7. The van der Waals surface area contributed by atoms with Crippen LogP contribution < -0.4 is 4.74 Å². The highest BCUT2D eigenvalue weighted by atomic mass is 16.5. The van der Waals surface area contributed by atoms with Crippen molar-refractivity contribution in [2.24, 2.45) is 5.92 Å². The molecule has 2 aromatic rings. The van der Waals surface area contributed by atoms with Crippen LogP contribution in [0.1, 0.15) is 36.0 Å². The van der Waals surface area contributed by atoms with E-state index in [1.54, 1.807) is 7.11 Å². The molecule has 33 heavy (non-hydrogen) atoms. The van der Waals surface area contributed by atoms with E-state index in [0.29, 0.717) is 12.3 Å². The second-order valence-corrected chi connectivity index (χ2v) is 9.77. The lowest BCUT2D eigenvalue weighted by molar-refractivity contribution is -0.132. The fourth-order valence-electron chi connectivity index (χ4n) is 4.97. The molecule has 2 saturated heterocycles.